The van der Waals surface area contributed by atoms with Gasteiger partial charge in [-0.15, -0.1) is 11.6 Å². The molecule has 0 aromatic heterocycles. The van der Waals surface area contributed by atoms with Gasteiger partial charge in [0, 0.05) is 31.6 Å². The summed E-state index contributed by atoms with van der Waals surface area (Å²) < 4.78 is 5.59. The van der Waals surface area contributed by atoms with Gasteiger partial charge < -0.3 is 9.64 Å². The van der Waals surface area contributed by atoms with Crippen molar-refractivity contribution in [2.24, 2.45) is 0 Å². The molecule has 2 atom stereocenters. The van der Waals surface area contributed by atoms with Crippen LogP contribution in [0.25, 0.3) is 0 Å². The molecule has 0 amide bonds. The van der Waals surface area contributed by atoms with E-state index in [1.54, 1.807) is 0 Å². The van der Waals surface area contributed by atoms with Crippen LogP contribution in [0.3, 0.4) is 0 Å². The molecule has 4 heteroatoms. The topological polar surface area (TPSA) is 15.7 Å². The van der Waals surface area contributed by atoms with Crippen molar-refractivity contribution in [2.45, 2.75) is 19.1 Å². The summed E-state index contributed by atoms with van der Waals surface area (Å²) in [7, 11) is 4.20. The Hall–Kier alpha value is 0.170. The summed E-state index contributed by atoms with van der Waals surface area (Å²) in [5.41, 5.74) is 0. The van der Waals surface area contributed by atoms with Crippen molar-refractivity contribution in [2.75, 3.05) is 46.2 Å². The lowest BCUT2D eigenvalue weighted by atomic mass is 10.2. The highest BCUT2D eigenvalue weighted by Crippen LogP contribution is 2.12. The highest BCUT2D eigenvalue weighted by Gasteiger charge is 2.24. The molecule has 14 heavy (non-hydrogen) atoms. The van der Waals surface area contributed by atoms with E-state index >= 15 is 0 Å². The third kappa shape index (κ3) is 3.73. The normalized spacial score (nSPS) is 29.8. The molecule has 84 valence electrons. The van der Waals surface area contributed by atoms with Crippen LogP contribution in [0, 0.1) is 0 Å². The Morgan fingerprint density at radius 3 is 2.79 bits per heavy atom. The number of hydrogen-bond acceptors (Lipinski definition) is 3. The van der Waals surface area contributed by atoms with Crippen LogP contribution in [0.15, 0.2) is 0 Å². The maximum absolute atomic E-state index is 5.79. The summed E-state index contributed by atoms with van der Waals surface area (Å²) in [6.07, 6.45) is 0.218. The Kier molecular flexibility index (Phi) is 5.17. The van der Waals surface area contributed by atoms with Crippen LogP contribution >= 0.6 is 11.6 Å². The van der Waals surface area contributed by atoms with Crippen LogP contribution in [0.2, 0.25) is 0 Å². The lowest BCUT2D eigenvalue weighted by Gasteiger charge is -2.37. The van der Waals surface area contributed by atoms with E-state index < -0.39 is 0 Å². The molecular weight excluding hydrogens is 200 g/mol. The molecule has 0 radical (unpaired) electrons. The standard InChI is InChI=1S/C10H21ClN2O/c1-9-8-14-10(6-11)7-13(9)5-4-12(2)3/h9-10H,4-8H2,1-3H3. The maximum Gasteiger partial charge on any atom is 0.0837 e. The van der Waals surface area contributed by atoms with Crippen molar-refractivity contribution >= 4 is 11.6 Å². The summed E-state index contributed by atoms with van der Waals surface area (Å²) >= 11 is 5.79. The van der Waals surface area contributed by atoms with Crippen molar-refractivity contribution in [1.29, 1.82) is 0 Å². The first-order valence-corrected chi connectivity index (χ1v) is 5.73. The zero-order chi connectivity index (χ0) is 10.6. The zero-order valence-electron chi connectivity index (χ0n) is 9.37. The molecule has 1 fully saturated rings. The predicted molar refractivity (Wildman–Crippen MR) is 60.0 cm³/mol. The molecule has 0 bridgehead atoms. The van der Waals surface area contributed by atoms with Gasteiger partial charge in [0.25, 0.3) is 0 Å². The van der Waals surface area contributed by atoms with Gasteiger partial charge in [0.05, 0.1) is 12.7 Å². The highest BCUT2D eigenvalue weighted by molar-refractivity contribution is 6.18. The zero-order valence-corrected chi connectivity index (χ0v) is 10.1. The second-order valence-corrected chi connectivity index (χ2v) is 4.57. The van der Waals surface area contributed by atoms with Crippen LogP contribution in [0.4, 0.5) is 0 Å². The third-order valence-corrected chi connectivity index (χ3v) is 2.99. The SMILES string of the molecule is CC1COC(CCl)CN1CCN(C)C. The number of alkyl halides is 1. The van der Waals surface area contributed by atoms with E-state index in [0.717, 1.165) is 26.2 Å². The highest BCUT2D eigenvalue weighted by atomic mass is 35.5. The van der Waals surface area contributed by atoms with E-state index in [1.165, 1.54) is 0 Å². The Bertz CT molecular complexity index is 166. The average Bonchev–Trinajstić information content (AvgIpc) is 2.16. The number of ether oxygens (including phenoxy) is 1. The second kappa shape index (κ2) is 5.91. The molecule has 0 aromatic rings. The number of morpholine rings is 1. The van der Waals surface area contributed by atoms with Gasteiger partial charge in [-0.25, -0.2) is 0 Å². The number of hydrogen-bond donors (Lipinski definition) is 0. The van der Waals surface area contributed by atoms with Gasteiger partial charge in [0.15, 0.2) is 0 Å². The minimum absolute atomic E-state index is 0.218. The largest absolute Gasteiger partial charge is 0.374 e. The smallest absolute Gasteiger partial charge is 0.0837 e. The predicted octanol–water partition coefficient (Wildman–Crippen LogP) is 0.876. The van der Waals surface area contributed by atoms with Gasteiger partial charge in [-0.3, -0.25) is 4.90 Å². The quantitative estimate of drug-likeness (QED) is 0.655. The fourth-order valence-electron chi connectivity index (χ4n) is 1.61. The summed E-state index contributed by atoms with van der Waals surface area (Å²) in [4.78, 5) is 4.66. The van der Waals surface area contributed by atoms with E-state index in [0.29, 0.717) is 11.9 Å². The molecule has 0 aromatic carbocycles. The number of nitrogens with zero attached hydrogens (tertiary/aromatic N) is 2. The molecule has 1 rings (SSSR count). The fraction of sp³-hybridized carbons (Fsp3) is 1.00. The molecule has 1 aliphatic rings. The summed E-state index contributed by atoms with van der Waals surface area (Å²) in [6, 6.07) is 0.523. The van der Waals surface area contributed by atoms with E-state index in [4.69, 9.17) is 16.3 Å². The molecule has 0 saturated carbocycles. The van der Waals surface area contributed by atoms with E-state index in [1.807, 2.05) is 0 Å². The van der Waals surface area contributed by atoms with Gasteiger partial charge in [-0.2, -0.15) is 0 Å². The molecule has 1 heterocycles. The number of rotatable bonds is 4. The van der Waals surface area contributed by atoms with Gasteiger partial charge in [0.1, 0.15) is 0 Å². The lowest BCUT2D eigenvalue weighted by Crippen LogP contribution is -2.50. The van der Waals surface area contributed by atoms with Crippen LogP contribution in [0.5, 0.6) is 0 Å². The monoisotopic (exact) mass is 220 g/mol. The Labute approximate surface area is 92.0 Å². The lowest BCUT2D eigenvalue weighted by molar-refractivity contribution is -0.0488. The molecule has 0 aliphatic carbocycles. The van der Waals surface area contributed by atoms with Gasteiger partial charge >= 0.3 is 0 Å². The van der Waals surface area contributed by atoms with E-state index in [-0.39, 0.29) is 6.10 Å². The molecule has 0 spiro atoms. The Balaban J connectivity index is 2.32. The van der Waals surface area contributed by atoms with Crippen molar-refractivity contribution in [3.8, 4) is 0 Å². The first kappa shape index (κ1) is 12.2. The number of likely N-dealkylation sites (N-methyl/N-ethyl adjacent to an activating group) is 1. The fourth-order valence-corrected chi connectivity index (χ4v) is 1.80. The molecule has 3 nitrogen and oxygen atoms in total. The maximum atomic E-state index is 5.79. The van der Waals surface area contributed by atoms with Crippen LogP contribution in [0.1, 0.15) is 6.92 Å². The molecular formula is C10H21ClN2O. The second-order valence-electron chi connectivity index (χ2n) is 4.26. The van der Waals surface area contributed by atoms with Crippen LogP contribution in [-0.4, -0.2) is 68.2 Å². The van der Waals surface area contributed by atoms with E-state index in [9.17, 15) is 0 Å². The summed E-state index contributed by atoms with van der Waals surface area (Å²) in [5.74, 6) is 0.602. The molecule has 1 saturated heterocycles. The molecule has 1 aliphatic heterocycles. The van der Waals surface area contributed by atoms with Crippen molar-refractivity contribution in [3.63, 3.8) is 0 Å². The average molecular weight is 221 g/mol. The summed E-state index contributed by atoms with van der Waals surface area (Å²) in [5, 5.41) is 0. The first-order valence-electron chi connectivity index (χ1n) is 5.20. The van der Waals surface area contributed by atoms with E-state index in [2.05, 4.69) is 30.8 Å². The Morgan fingerprint density at radius 1 is 1.50 bits per heavy atom. The van der Waals surface area contributed by atoms with Crippen molar-refractivity contribution in [1.82, 2.24) is 9.80 Å². The number of halogens is 1. The molecule has 2 unspecified atom stereocenters. The van der Waals surface area contributed by atoms with Gasteiger partial charge in [-0.05, 0) is 21.0 Å². The Morgan fingerprint density at radius 2 is 2.21 bits per heavy atom. The minimum Gasteiger partial charge on any atom is -0.374 e. The van der Waals surface area contributed by atoms with Crippen molar-refractivity contribution < 1.29 is 4.74 Å². The van der Waals surface area contributed by atoms with Gasteiger partial charge in [-0.1, -0.05) is 0 Å². The molecule has 0 N–H and O–H groups in total. The minimum atomic E-state index is 0.218. The van der Waals surface area contributed by atoms with Gasteiger partial charge in [0.2, 0.25) is 0 Å². The summed E-state index contributed by atoms with van der Waals surface area (Å²) in [6.45, 7) is 6.19. The third-order valence-electron chi connectivity index (χ3n) is 2.64. The first-order chi connectivity index (χ1) is 6.63. The van der Waals surface area contributed by atoms with Crippen LogP contribution < -0.4 is 0 Å². The van der Waals surface area contributed by atoms with Crippen LogP contribution in [-0.2, 0) is 4.74 Å². The van der Waals surface area contributed by atoms with Crippen molar-refractivity contribution in [3.05, 3.63) is 0 Å².